The lowest BCUT2D eigenvalue weighted by molar-refractivity contribution is 0.667. The fourth-order valence-electron chi connectivity index (χ4n) is 1.17. The molecule has 0 unspecified atom stereocenters. The zero-order valence-corrected chi connectivity index (χ0v) is 8.08. The molecule has 2 aromatic heterocycles. The highest BCUT2D eigenvalue weighted by Crippen LogP contribution is 2.29. The van der Waals surface area contributed by atoms with Gasteiger partial charge in [0.25, 0.3) is 0 Å². The van der Waals surface area contributed by atoms with Gasteiger partial charge in [0.2, 0.25) is 0 Å². The van der Waals surface area contributed by atoms with Gasteiger partial charge in [0.15, 0.2) is 5.82 Å². The van der Waals surface area contributed by atoms with Gasteiger partial charge in [0.1, 0.15) is 6.33 Å². The molecule has 13 heavy (non-hydrogen) atoms. The largest absolute Gasteiger partial charge is 0.397 e. The molecule has 68 valence electrons. The van der Waals surface area contributed by atoms with E-state index in [1.807, 2.05) is 23.1 Å². The van der Waals surface area contributed by atoms with Crippen LogP contribution >= 0.6 is 11.3 Å². The molecule has 2 heterocycles. The van der Waals surface area contributed by atoms with Crippen molar-refractivity contribution in [3.63, 3.8) is 0 Å². The SMILES string of the molecule is CCn1ncnc1-c1sccc1N. The van der Waals surface area contributed by atoms with Crippen molar-refractivity contribution in [2.75, 3.05) is 5.73 Å². The molecule has 5 heteroatoms. The molecule has 2 rings (SSSR count). The summed E-state index contributed by atoms with van der Waals surface area (Å²) in [6.45, 7) is 2.84. The minimum atomic E-state index is 0.771. The summed E-state index contributed by atoms with van der Waals surface area (Å²) in [5, 5.41) is 6.05. The maximum absolute atomic E-state index is 5.78. The molecule has 2 N–H and O–H groups in total. The van der Waals surface area contributed by atoms with Crippen LogP contribution in [0.25, 0.3) is 10.7 Å². The van der Waals surface area contributed by atoms with Gasteiger partial charge >= 0.3 is 0 Å². The van der Waals surface area contributed by atoms with Crippen molar-refractivity contribution in [3.05, 3.63) is 17.8 Å². The van der Waals surface area contributed by atoms with Crippen molar-refractivity contribution in [1.29, 1.82) is 0 Å². The smallest absolute Gasteiger partial charge is 0.170 e. The minimum Gasteiger partial charge on any atom is -0.397 e. The van der Waals surface area contributed by atoms with Gasteiger partial charge in [-0.15, -0.1) is 11.3 Å². The van der Waals surface area contributed by atoms with E-state index in [4.69, 9.17) is 5.73 Å². The van der Waals surface area contributed by atoms with Crippen LogP contribution in [0.5, 0.6) is 0 Å². The van der Waals surface area contributed by atoms with E-state index in [0.717, 1.165) is 22.9 Å². The highest BCUT2D eigenvalue weighted by molar-refractivity contribution is 7.14. The van der Waals surface area contributed by atoms with Crippen molar-refractivity contribution >= 4 is 17.0 Å². The van der Waals surface area contributed by atoms with Crippen molar-refractivity contribution < 1.29 is 0 Å². The van der Waals surface area contributed by atoms with E-state index in [1.165, 1.54) is 0 Å². The van der Waals surface area contributed by atoms with Crippen LogP contribution in [-0.4, -0.2) is 14.8 Å². The molecule has 0 radical (unpaired) electrons. The molecule has 2 aromatic rings. The topological polar surface area (TPSA) is 56.7 Å². The summed E-state index contributed by atoms with van der Waals surface area (Å²) in [5.74, 6) is 0.856. The molecule has 0 fully saturated rings. The molecule has 0 aliphatic heterocycles. The number of hydrogen-bond acceptors (Lipinski definition) is 4. The number of aryl methyl sites for hydroxylation is 1. The van der Waals surface area contributed by atoms with Gasteiger partial charge in [0, 0.05) is 6.54 Å². The third kappa shape index (κ3) is 1.31. The highest BCUT2D eigenvalue weighted by atomic mass is 32.1. The Morgan fingerprint density at radius 1 is 1.62 bits per heavy atom. The molecule has 0 aromatic carbocycles. The van der Waals surface area contributed by atoms with Crippen LogP contribution in [-0.2, 0) is 6.54 Å². The monoisotopic (exact) mass is 194 g/mol. The number of nitrogen functional groups attached to an aromatic ring is 1. The Kier molecular flexibility index (Phi) is 2.02. The molecular formula is C8H10N4S. The lowest BCUT2D eigenvalue weighted by atomic mass is 10.4. The Morgan fingerprint density at radius 3 is 3.08 bits per heavy atom. The predicted octanol–water partition coefficient (Wildman–Crippen LogP) is 1.61. The van der Waals surface area contributed by atoms with Crippen LogP contribution in [0.15, 0.2) is 17.8 Å². The molecule has 0 aliphatic rings. The molecule has 0 bridgehead atoms. The van der Waals surface area contributed by atoms with E-state index in [9.17, 15) is 0 Å². The van der Waals surface area contributed by atoms with Crippen LogP contribution < -0.4 is 5.73 Å². The number of hydrogen-bond donors (Lipinski definition) is 1. The Labute approximate surface area is 80.0 Å². The second-order valence-corrected chi connectivity index (χ2v) is 3.52. The second kappa shape index (κ2) is 3.18. The number of nitrogens with two attached hydrogens (primary N) is 1. The van der Waals surface area contributed by atoms with Crippen molar-refractivity contribution in [2.45, 2.75) is 13.5 Å². The zero-order valence-electron chi connectivity index (χ0n) is 7.27. The standard InChI is InChI=1S/C8H10N4S/c1-2-12-8(10-5-11-12)7-6(9)3-4-13-7/h3-5H,2,9H2,1H3. The molecule has 4 nitrogen and oxygen atoms in total. The van der Waals surface area contributed by atoms with Crippen molar-refractivity contribution in [3.8, 4) is 10.7 Å². The Bertz CT molecular complexity index is 404. The number of aromatic nitrogens is 3. The van der Waals surface area contributed by atoms with Crippen LogP contribution in [0.3, 0.4) is 0 Å². The Balaban J connectivity index is 2.52. The number of thiophene rings is 1. The van der Waals surface area contributed by atoms with Crippen LogP contribution in [0.2, 0.25) is 0 Å². The zero-order chi connectivity index (χ0) is 9.26. The first-order valence-corrected chi connectivity index (χ1v) is 4.92. The first kappa shape index (κ1) is 8.25. The fourth-order valence-corrected chi connectivity index (χ4v) is 1.99. The summed E-state index contributed by atoms with van der Waals surface area (Å²) < 4.78 is 1.84. The van der Waals surface area contributed by atoms with E-state index in [1.54, 1.807) is 17.7 Å². The molecular weight excluding hydrogens is 184 g/mol. The van der Waals surface area contributed by atoms with Crippen LogP contribution in [0.4, 0.5) is 5.69 Å². The first-order chi connectivity index (χ1) is 6.33. The summed E-state index contributed by atoms with van der Waals surface area (Å²) in [6, 6.07) is 1.88. The van der Waals surface area contributed by atoms with Gasteiger partial charge in [-0.2, -0.15) is 5.10 Å². The van der Waals surface area contributed by atoms with Gasteiger partial charge < -0.3 is 5.73 Å². The van der Waals surface area contributed by atoms with Gasteiger partial charge in [-0.25, -0.2) is 9.67 Å². The second-order valence-electron chi connectivity index (χ2n) is 2.60. The molecule has 0 spiro atoms. The van der Waals surface area contributed by atoms with E-state index < -0.39 is 0 Å². The third-order valence-corrected chi connectivity index (χ3v) is 2.74. The third-order valence-electron chi connectivity index (χ3n) is 1.81. The Hall–Kier alpha value is -1.36. The lowest BCUT2D eigenvalue weighted by Crippen LogP contribution is -1.99. The summed E-state index contributed by atoms with van der Waals surface area (Å²) in [4.78, 5) is 5.17. The van der Waals surface area contributed by atoms with Crippen molar-refractivity contribution in [1.82, 2.24) is 14.8 Å². The predicted molar refractivity (Wildman–Crippen MR) is 53.4 cm³/mol. The normalized spacial score (nSPS) is 10.5. The summed E-state index contributed by atoms with van der Waals surface area (Å²) in [7, 11) is 0. The summed E-state index contributed by atoms with van der Waals surface area (Å²) in [5.41, 5.74) is 6.56. The lowest BCUT2D eigenvalue weighted by Gasteiger charge is -2.00. The van der Waals surface area contributed by atoms with Crippen LogP contribution in [0.1, 0.15) is 6.92 Å². The van der Waals surface area contributed by atoms with Crippen molar-refractivity contribution in [2.24, 2.45) is 0 Å². The average molecular weight is 194 g/mol. The van der Waals surface area contributed by atoms with E-state index in [0.29, 0.717) is 0 Å². The minimum absolute atomic E-state index is 0.771. The highest BCUT2D eigenvalue weighted by Gasteiger charge is 2.09. The molecule has 0 aliphatic carbocycles. The van der Waals surface area contributed by atoms with E-state index in [-0.39, 0.29) is 0 Å². The fraction of sp³-hybridized carbons (Fsp3) is 0.250. The van der Waals surface area contributed by atoms with Gasteiger partial charge in [-0.1, -0.05) is 0 Å². The number of nitrogens with zero attached hydrogens (tertiary/aromatic N) is 3. The molecule has 0 saturated heterocycles. The molecule has 0 atom stereocenters. The Morgan fingerprint density at radius 2 is 2.46 bits per heavy atom. The maximum Gasteiger partial charge on any atom is 0.170 e. The average Bonchev–Trinajstić information content (AvgIpc) is 2.71. The summed E-state index contributed by atoms with van der Waals surface area (Å²) in [6.07, 6.45) is 1.55. The van der Waals surface area contributed by atoms with Gasteiger partial charge in [0.05, 0.1) is 10.6 Å². The number of rotatable bonds is 2. The molecule has 0 saturated carbocycles. The maximum atomic E-state index is 5.78. The van der Waals surface area contributed by atoms with Gasteiger partial charge in [-0.05, 0) is 18.4 Å². The number of anilines is 1. The molecule has 0 amide bonds. The quantitative estimate of drug-likeness (QED) is 0.790. The summed E-state index contributed by atoms with van der Waals surface area (Å²) >= 11 is 1.59. The van der Waals surface area contributed by atoms with Gasteiger partial charge in [-0.3, -0.25) is 0 Å². The van der Waals surface area contributed by atoms with E-state index >= 15 is 0 Å². The van der Waals surface area contributed by atoms with Crippen LogP contribution in [0, 0.1) is 0 Å². The first-order valence-electron chi connectivity index (χ1n) is 4.04. The van der Waals surface area contributed by atoms with E-state index in [2.05, 4.69) is 10.1 Å².